The van der Waals surface area contributed by atoms with Gasteiger partial charge in [0.05, 0.1) is 13.2 Å². The van der Waals surface area contributed by atoms with Crippen molar-refractivity contribution in [3.05, 3.63) is 0 Å². The van der Waals surface area contributed by atoms with E-state index in [1.165, 1.54) is 4.90 Å². The molecule has 0 aromatic rings. The molecular formula is C8H15ClF3NO. The smallest absolute Gasteiger partial charge is 0.395 e. The molecule has 0 rings (SSSR count). The Kier molecular flexibility index (Phi) is 7.31. The summed E-state index contributed by atoms with van der Waals surface area (Å²) < 4.78 is 36.0. The van der Waals surface area contributed by atoms with E-state index in [9.17, 15) is 13.2 Å². The molecule has 0 radical (unpaired) electrons. The minimum absolute atomic E-state index is 0.0573. The van der Waals surface area contributed by atoms with Gasteiger partial charge in [0.25, 0.3) is 0 Å². The zero-order valence-electron chi connectivity index (χ0n) is 7.86. The molecule has 0 aliphatic heterocycles. The van der Waals surface area contributed by atoms with Crippen LogP contribution in [-0.4, -0.2) is 48.3 Å². The maximum Gasteiger partial charge on any atom is 0.401 e. The van der Waals surface area contributed by atoms with Crippen molar-refractivity contribution < 1.29 is 18.3 Å². The highest BCUT2D eigenvalue weighted by molar-refractivity contribution is 6.17. The van der Waals surface area contributed by atoms with Gasteiger partial charge < -0.3 is 5.11 Å². The molecule has 2 nitrogen and oxygen atoms in total. The van der Waals surface area contributed by atoms with E-state index in [2.05, 4.69) is 0 Å². The first-order chi connectivity index (χ1) is 6.49. The molecule has 0 aliphatic rings. The van der Waals surface area contributed by atoms with Gasteiger partial charge in [-0.25, -0.2) is 0 Å². The molecule has 0 bridgehead atoms. The number of hydrogen-bond donors (Lipinski definition) is 1. The molecule has 0 aromatic carbocycles. The van der Waals surface area contributed by atoms with Gasteiger partial charge in [0, 0.05) is 12.4 Å². The highest BCUT2D eigenvalue weighted by atomic mass is 35.5. The van der Waals surface area contributed by atoms with Crippen molar-refractivity contribution in [2.45, 2.75) is 19.0 Å². The summed E-state index contributed by atoms with van der Waals surface area (Å²) in [6, 6.07) is 0. The number of unbranched alkanes of at least 4 members (excludes halogenated alkanes) is 1. The Bertz CT molecular complexity index is 143. The van der Waals surface area contributed by atoms with Crippen LogP contribution in [0.3, 0.4) is 0 Å². The molecule has 14 heavy (non-hydrogen) atoms. The predicted molar refractivity (Wildman–Crippen MR) is 49.5 cm³/mol. The molecule has 86 valence electrons. The monoisotopic (exact) mass is 233 g/mol. The van der Waals surface area contributed by atoms with Crippen LogP contribution in [0.1, 0.15) is 12.8 Å². The Labute approximate surface area is 86.6 Å². The average Bonchev–Trinajstić information content (AvgIpc) is 2.02. The first-order valence-corrected chi connectivity index (χ1v) is 4.99. The van der Waals surface area contributed by atoms with Gasteiger partial charge >= 0.3 is 6.18 Å². The molecule has 0 saturated heterocycles. The summed E-state index contributed by atoms with van der Waals surface area (Å²) in [5.41, 5.74) is 0. The van der Waals surface area contributed by atoms with Gasteiger partial charge in [-0.1, -0.05) is 0 Å². The van der Waals surface area contributed by atoms with E-state index in [0.717, 1.165) is 0 Å². The van der Waals surface area contributed by atoms with Crippen molar-refractivity contribution in [3.63, 3.8) is 0 Å². The Hall–Kier alpha value is -0.0000000000000000555. The van der Waals surface area contributed by atoms with E-state index >= 15 is 0 Å². The molecule has 0 spiro atoms. The SMILES string of the molecule is OCCN(CCCCCl)CC(F)(F)F. The first-order valence-electron chi connectivity index (χ1n) is 4.45. The molecule has 1 N–H and O–H groups in total. The summed E-state index contributed by atoms with van der Waals surface area (Å²) in [6.07, 6.45) is -2.88. The summed E-state index contributed by atoms with van der Waals surface area (Å²) in [4.78, 5) is 1.19. The molecule has 6 heteroatoms. The molecule has 0 atom stereocenters. The number of rotatable bonds is 7. The first kappa shape index (κ1) is 14.0. The van der Waals surface area contributed by atoms with Crippen molar-refractivity contribution in [1.29, 1.82) is 0 Å². The summed E-state index contributed by atoms with van der Waals surface area (Å²) in [5, 5.41) is 8.55. The molecule has 0 saturated carbocycles. The third kappa shape index (κ3) is 8.59. The lowest BCUT2D eigenvalue weighted by Crippen LogP contribution is -2.36. The fourth-order valence-corrected chi connectivity index (χ4v) is 1.28. The molecule has 0 heterocycles. The topological polar surface area (TPSA) is 23.5 Å². The van der Waals surface area contributed by atoms with Crippen LogP contribution in [0.25, 0.3) is 0 Å². The van der Waals surface area contributed by atoms with Crippen LogP contribution in [0.4, 0.5) is 13.2 Å². The molecular weight excluding hydrogens is 219 g/mol. The van der Waals surface area contributed by atoms with E-state index in [0.29, 0.717) is 25.3 Å². The van der Waals surface area contributed by atoms with E-state index in [1.54, 1.807) is 0 Å². The van der Waals surface area contributed by atoms with E-state index in [1.807, 2.05) is 0 Å². The molecule has 0 aromatic heterocycles. The van der Waals surface area contributed by atoms with Crippen LogP contribution >= 0.6 is 11.6 Å². The Morgan fingerprint density at radius 3 is 2.21 bits per heavy atom. The second kappa shape index (κ2) is 7.31. The van der Waals surface area contributed by atoms with Crippen molar-refractivity contribution in [2.24, 2.45) is 0 Å². The lowest BCUT2D eigenvalue weighted by atomic mass is 10.3. The van der Waals surface area contributed by atoms with Gasteiger partial charge in [0.2, 0.25) is 0 Å². The van der Waals surface area contributed by atoms with Crippen molar-refractivity contribution in [3.8, 4) is 0 Å². The van der Waals surface area contributed by atoms with Gasteiger partial charge in [-0.15, -0.1) is 11.6 Å². The second-order valence-electron chi connectivity index (χ2n) is 3.01. The minimum atomic E-state index is -4.20. The number of hydrogen-bond acceptors (Lipinski definition) is 2. The third-order valence-electron chi connectivity index (χ3n) is 1.68. The summed E-state index contributed by atoms with van der Waals surface area (Å²) in [5.74, 6) is 0.457. The highest BCUT2D eigenvalue weighted by Crippen LogP contribution is 2.16. The quantitative estimate of drug-likeness (QED) is 0.536. The minimum Gasteiger partial charge on any atom is -0.395 e. The predicted octanol–water partition coefficient (Wildman–Crippen LogP) is 1.86. The summed E-state index contributed by atoms with van der Waals surface area (Å²) >= 11 is 5.41. The lowest BCUT2D eigenvalue weighted by molar-refractivity contribution is -0.146. The maximum absolute atomic E-state index is 12.0. The summed E-state index contributed by atoms with van der Waals surface area (Å²) in [6.45, 7) is -0.832. The fraction of sp³-hybridized carbons (Fsp3) is 1.00. The largest absolute Gasteiger partial charge is 0.401 e. The zero-order chi connectivity index (χ0) is 11.0. The van der Waals surface area contributed by atoms with Crippen LogP contribution in [-0.2, 0) is 0 Å². The van der Waals surface area contributed by atoms with Gasteiger partial charge in [0.15, 0.2) is 0 Å². The Balaban J connectivity index is 3.77. The van der Waals surface area contributed by atoms with Crippen LogP contribution in [0.2, 0.25) is 0 Å². The van der Waals surface area contributed by atoms with Crippen LogP contribution in [0, 0.1) is 0 Å². The van der Waals surface area contributed by atoms with Gasteiger partial charge in [-0.3, -0.25) is 4.90 Å². The van der Waals surface area contributed by atoms with Crippen LogP contribution in [0.5, 0.6) is 0 Å². The summed E-state index contributed by atoms with van der Waals surface area (Å²) in [7, 11) is 0. The van der Waals surface area contributed by atoms with Crippen molar-refractivity contribution in [1.82, 2.24) is 4.90 Å². The zero-order valence-corrected chi connectivity index (χ0v) is 8.61. The molecule has 0 amide bonds. The number of halogens is 4. The average molecular weight is 234 g/mol. The second-order valence-corrected chi connectivity index (χ2v) is 3.39. The van der Waals surface area contributed by atoms with Gasteiger partial charge in [0.1, 0.15) is 0 Å². The maximum atomic E-state index is 12.0. The molecule has 0 unspecified atom stereocenters. The van der Waals surface area contributed by atoms with Crippen LogP contribution < -0.4 is 0 Å². The standard InChI is InChI=1S/C8H15ClF3NO/c9-3-1-2-4-13(5-6-14)7-8(10,11)12/h14H,1-7H2. The molecule has 0 aliphatic carbocycles. The lowest BCUT2D eigenvalue weighted by Gasteiger charge is -2.22. The number of nitrogens with zero attached hydrogens (tertiary/aromatic N) is 1. The third-order valence-corrected chi connectivity index (χ3v) is 1.94. The Morgan fingerprint density at radius 2 is 1.79 bits per heavy atom. The Morgan fingerprint density at radius 1 is 1.14 bits per heavy atom. The molecule has 0 fully saturated rings. The number of aliphatic hydroxyl groups is 1. The van der Waals surface area contributed by atoms with E-state index in [-0.39, 0.29) is 13.2 Å². The normalized spacial score (nSPS) is 12.4. The highest BCUT2D eigenvalue weighted by Gasteiger charge is 2.30. The van der Waals surface area contributed by atoms with Crippen molar-refractivity contribution >= 4 is 11.6 Å². The number of alkyl halides is 4. The van der Waals surface area contributed by atoms with Gasteiger partial charge in [-0.05, 0) is 19.4 Å². The van der Waals surface area contributed by atoms with Crippen LogP contribution in [0.15, 0.2) is 0 Å². The van der Waals surface area contributed by atoms with Crippen molar-refractivity contribution in [2.75, 3.05) is 32.1 Å². The van der Waals surface area contributed by atoms with Gasteiger partial charge in [-0.2, -0.15) is 13.2 Å². The van der Waals surface area contributed by atoms with E-state index in [4.69, 9.17) is 16.7 Å². The fourth-order valence-electron chi connectivity index (χ4n) is 1.09. The number of aliphatic hydroxyl groups excluding tert-OH is 1. The van der Waals surface area contributed by atoms with E-state index < -0.39 is 12.7 Å².